The fourth-order valence-corrected chi connectivity index (χ4v) is 1.97. The second-order valence-electron chi connectivity index (χ2n) is 4.58. The maximum absolute atomic E-state index is 10.0. The molecule has 0 aliphatic rings. The summed E-state index contributed by atoms with van der Waals surface area (Å²) in [5, 5.41) is 13.5. The molecule has 0 aliphatic heterocycles. The van der Waals surface area contributed by atoms with Gasteiger partial charge in [-0.2, -0.15) is 0 Å². The van der Waals surface area contributed by atoms with Crippen LogP contribution < -0.4 is 5.32 Å². The number of aliphatic hydroxyl groups excluding tert-OH is 1. The van der Waals surface area contributed by atoms with Gasteiger partial charge >= 0.3 is 0 Å². The first-order chi connectivity index (χ1) is 8.27. The monoisotopic (exact) mass is 235 g/mol. The highest BCUT2D eigenvalue weighted by atomic mass is 16.3. The molecule has 1 rings (SSSR count). The number of benzene rings is 1. The van der Waals surface area contributed by atoms with Crippen LogP contribution in [0.5, 0.6) is 0 Å². The van der Waals surface area contributed by atoms with Gasteiger partial charge in [0.2, 0.25) is 0 Å². The van der Waals surface area contributed by atoms with Crippen molar-refractivity contribution in [1.82, 2.24) is 5.32 Å². The van der Waals surface area contributed by atoms with Crippen LogP contribution in [0.25, 0.3) is 0 Å². The SMILES string of the molecule is CCCCC(CC)NCC(O)c1ccccc1. The van der Waals surface area contributed by atoms with Gasteiger partial charge in [-0.05, 0) is 18.4 Å². The number of aliphatic hydroxyl groups is 1. The van der Waals surface area contributed by atoms with Crippen molar-refractivity contribution in [2.45, 2.75) is 51.7 Å². The van der Waals surface area contributed by atoms with Crippen molar-refractivity contribution in [3.8, 4) is 0 Å². The van der Waals surface area contributed by atoms with E-state index >= 15 is 0 Å². The van der Waals surface area contributed by atoms with Crippen LogP contribution in [0.2, 0.25) is 0 Å². The number of unbranched alkanes of at least 4 members (excludes halogenated alkanes) is 1. The molecule has 2 N–H and O–H groups in total. The second-order valence-corrected chi connectivity index (χ2v) is 4.58. The summed E-state index contributed by atoms with van der Waals surface area (Å²) >= 11 is 0. The highest BCUT2D eigenvalue weighted by Crippen LogP contribution is 2.12. The fourth-order valence-electron chi connectivity index (χ4n) is 1.97. The third-order valence-corrected chi connectivity index (χ3v) is 3.18. The zero-order valence-corrected chi connectivity index (χ0v) is 11.0. The molecule has 17 heavy (non-hydrogen) atoms. The topological polar surface area (TPSA) is 32.3 Å². The Morgan fingerprint density at radius 2 is 1.88 bits per heavy atom. The van der Waals surface area contributed by atoms with Crippen LogP contribution in [0.1, 0.15) is 51.2 Å². The summed E-state index contributed by atoms with van der Waals surface area (Å²) in [6.07, 6.45) is 4.43. The predicted octanol–water partition coefficient (Wildman–Crippen LogP) is 3.28. The number of hydrogen-bond donors (Lipinski definition) is 2. The van der Waals surface area contributed by atoms with E-state index < -0.39 is 6.10 Å². The van der Waals surface area contributed by atoms with Crippen LogP contribution in [0.15, 0.2) is 30.3 Å². The molecule has 0 spiro atoms. The highest BCUT2D eigenvalue weighted by Gasteiger charge is 2.10. The second kappa shape index (κ2) is 8.26. The van der Waals surface area contributed by atoms with E-state index in [9.17, 15) is 5.11 Å². The molecular weight excluding hydrogens is 210 g/mol. The Labute approximate surface area is 105 Å². The van der Waals surface area contributed by atoms with Gasteiger partial charge in [-0.1, -0.05) is 57.0 Å². The molecule has 0 radical (unpaired) electrons. The Balaban J connectivity index is 2.33. The average molecular weight is 235 g/mol. The lowest BCUT2D eigenvalue weighted by Gasteiger charge is -2.19. The van der Waals surface area contributed by atoms with E-state index in [-0.39, 0.29) is 0 Å². The molecule has 1 aromatic rings. The van der Waals surface area contributed by atoms with Gasteiger partial charge in [0, 0.05) is 12.6 Å². The van der Waals surface area contributed by atoms with Crippen LogP contribution in [0.3, 0.4) is 0 Å². The molecule has 0 amide bonds. The number of nitrogens with one attached hydrogen (secondary N) is 1. The van der Waals surface area contributed by atoms with Crippen LogP contribution in [-0.2, 0) is 0 Å². The quantitative estimate of drug-likeness (QED) is 0.724. The summed E-state index contributed by atoms with van der Waals surface area (Å²) in [7, 11) is 0. The Morgan fingerprint density at radius 1 is 1.18 bits per heavy atom. The van der Waals surface area contributed by atoms with Gasteiger partial charge in [0.25, 0.3) is 0 Å². The highest BCUT2D eigenvalue weighted by molar-refractivity contribution is 5.17. The molecule has 0 heterocycles. The van der Waals surface area contributed by atoms with Crippen molar-refractivity contribution in [2.75, 3.05) is 6.54 Å². The van der Waals surface area contributed by atoms with Gasteiger partial charge in [0.1, 0.15) is 0 Å². The summed E-state index contributed by atoms with van der Waals surface area (Å²) in [4.78, 5) is 0. The van der Waals surface area contributed by atoms with Crippen molar-refractivity contribution < 1.29 is 5.11 Å². The van der Waals surface area contributed by atoms with Gasteiger partial charge < -0.3 is 10.4 Å². The van der Waals surface area contributed by atoms with E-state index in [2.05, 4.69) is 19.2 Å². The zero-order chi connectivity index (χ0) is 12.5. The summed E-state index contributed by atoms with van der Waals surface area (Å²) < 4.78 is 0. The van der Waals surface area contributed by atoms with E-state index in [4.69, 9.17) is 0 Å². The minimum atomic E-state index is -0.396. The van der Waals surface area contributed by atoms with Crippen LogP contribution >= 0.6 is 0 Å². The van der Waals surface area contributed by atoms with E-state index in [0.29, 0.717) is 12.6 Å². The van der Waals surface area contributed by atoms with Gasteiger partial charge in [0.05, 0.1) is 6.10 Å². The molecule has 2 nitrogen and oxygen atoms in total. The maximum atomic E-state index is 10.0. The normalized spacial score (nSPS) is 14.5. The van der Waals surface area contributed by atoms with Gasteiger partial charge in [-0.15, -0.1) is 0 Å². The van der Waals surface area contributed by atoms with E-state index in [1.165, 1.54) is 19.3 Å². The molecule has 0 saturated carbocycles. The molecule has 1 aromatic carbocycles. The smallest absolute Gasteiger partial charge is 0.0914 e. The Bertz CT molecular complexity index is 286. The lowest BCUT2D eigenvalue weighted by Crippen LogP contribution is -2.32. The number of hydrogen-bond acceptors (Lipinski definition) is 2. The van der Waals surface area contributed by atoms with Gasteiger partial charge in [-0.3, -0.25) is 0 Å². The van der Waals surface area contributed by atoms with E-state index in [0.717, 1.165) is 12.0 Å². The first-order valence-electron chi connectivity index (χ1n) is 6.74. The maximum Gasteiger partial charge on any atom is 0.0914 e. The van der Waals surface area contributed by atoms with Crippen LogP contribution in [0, 0.1) is 0 Å². The molecule has 2 heteroatoms. The molecule has 2 unspecified atom stereocenters. The standard InChI is InChI=1S/C15H25NO/c1-3-5-11-14(4-2)16-12-15(17)13-9-7-6-8-10-13/h6-10,14-17H,3-5,11-12H2,1-2H3. The van der Waals surface area contributed by atoms with Crippen LogP contribution in [0.4, 0.5) is 0 Å². The van der Waals surface area contributed by atoms with Crippen LogP contribution in [-0.4, -0.2) is 17.7 Å². The van der Waals surface area contributed by atoms with Gasteiger partial charge in [0.15, 0.2) is 0 Å². The molecular formula is C15H25NO. The van der Waals surface area contributed by atoms with Crippen molar-refractivity contribution in [3.05, 3.63) is 35.9 Å². The lowest BCUT2D eigenvalue weighted by molar-refractivity contribution is 0.168. The van der Waals surface area contributed by atoms with Crippen molar-refractivity contribution >= 4 is 0 Å². The summed E-state index contributed by atoms with van der Waals surface area (Å²) in [5.41, 5.74) is 0.991. The fraction of sp³-hybridized carbons (Fsp3) is 0.600. The first kappa shape index (κ1) is 14.2. The summed E-state index contributed by atoms with van der Waals surface area (Å²) in [5.74, 6) is 0. The summed E-state index contributed by atoms with van der Waals surface area (Å²) in [6.45, 7) is 5.06. The third kappa shape index (κ3) is 5.33. The third-order valence-electron chi connectivity index (χ3n) is 3.18. The van der Waals surface area contributed by atoms with Crippen molar-refractivity contribution in [2.24, 2.45) is 0 Å². The molecule has 0 fully saturated rings. The molecule has 0 saturated heterocycles. The molecule has 0 aliphatic carbocycles. The molecule has 96 valence electrons. The zero-order valence-electron chi connectivity index (χ0n) is 11.0. The van der Waals surface area contributed by atoms with E-state index in [1.54, 1.807) is 0 Å². The number of rotatable bonds is 8. The first-order valence-corrected chi connectivity index (χ1v) is 6.74. The van der Waals surface area contributed by atoms with Crippen molar-refractivity contribution in [1.29, 1.82) is 0 Å². The lowest BCUT2D eigenvalue weighted by atomic mass is 10.1. The average Bonchev–Trinajstić information content (AvgIpc) is 2.39. The predicted molar refractivity (Wildman–Crippen MR) is 73.0 cm³/mol. The Kier molecular flexibility index (Phi) is 6.90. The largest absolute Gasteiger partial charge is 0.387 e. The molecule has 0 aromatic heterocycles. The van der Waals surface area contributed by atoms with Gasteiger partial charge in [-0.25, -0.2) is 0 Å². The molecule has 2 atom stereocenters. The Morgan fingerprint density at radius 3 is 2.47 bits per heavy atom. The molecule has 0 bridgehead atoms. The minimum absolute atomic E-state index is 0.396. The summed E-state index contributed by atoms with van der Waals surface area (Å²) in [6, 6.07) is 10.4. The van der Waals surface area contributed by atoms with Crippen molar-refractivity contribution in [3.63, 3.8) is 0 Å². The van der Waals surface area contributed by atoms with E-state index in [1.807, 2.05) is 30.3 Å². The minimum Gasteiger partial charge on any atom is -0.387 e. The Hall–Kier alpha value is -0.860.